The molecule has 1 aliphatic heterocycles. The van der Waals surface area contributed by atoms with Crippen molar-refractivity contribution in [2.45, 2.75) is 18.0 Å². The van der Waals surface area contributed by atoms with Crippen LogP contribution in [-0.4, -0.2) is 50.4 Å². The van der Waals surface area contributed by atoms with E-state index in [4.69, 9.17) is 0 Å². The maximum Gasteiger partial charge on any atom is 0.299 e. The van der Waals surface area contributed by atoms with Gasteiger partial charge in [-0.05, 0) is 18.6 Å². The third-order valence-electron chi connectivity index (χ3n) is 5.17. The normalized spacial score (nSPS) is 15.1. The largest absolute Gasteiger partial charge is 0.748 e. The molecule has 3 aromatic rings. The average Bonchev–Trinajstić information content (AvgIpc) is 3.33. The van der Waals surface area contributed by atoms with Crippen LogP contribution < -0.4 is 14.2 Å². The number of anilines is 1. The quantitative estimate of drug-likeness (QED) is 0.294. The van der Waals surface area contributed by atoms with E-state index in [9.17, 15) is 30.6 Å². The number of nitrogens with one attached hydrogen (secondary N) is 1. The highest BCUT2D eigenvalue weighted by Crippen LogP contribution is 2.48. The smallest absolute Gasteiger partial charge is 0.299 e. The SMILES string of the molecule is Cn1c(F)cc2c1SC(=Cc1sc3ccc(Br)cc3[n+]1CC(=O)NS(C)(=O)=O)N2CCCS(=O)(=O)[O-]. The van der Waals surface area contributed by atoms with Crippen molar-refractivity contribution in [1.82, 2.24) is 9.29 Å². The fourth-order valence-electron chi connectivity index (χ4n) is 3.70. The Morgan fingerprint density at radius 2 is 2.00 bits per heavy atom. The molecule has 3 heterocycles. The van der Waals surface area contributed by atoms with Crippen LogP contribution in [0.25, 0.3) is 16.3 Å². The number of carbonyl (C=O) groups is 1. The number of nitrogens with zero attached hydrogens (tertiary/aromatic N) is 3. The zero-order chi connectivity index (χ0) is 26.4. The van der Waals surface area contributed by atoms with Gasteiger partial charge in [0.15, 0.2) is 5.95 Å². The van der Waals surface area contributed by atoms with E-state index in [1.165, 1.54) is 33.7 Å². The highest BCUT2D eigenvalue weighted by atomic mass is 79.9. The molecular weight excluding hydrogens is 619 g/mol. The minimum Gasteiger partial charge on any atom is -0.748 e. The number of halogens is 2. The molecule has 0 bridgehead atoms. The summed E-state index contributed by atoms with van der Waals surface area (Å²) in [5.74, 6) is -1.75. The summed E-state index contributed by atoms with van der Waals surface area (Å²) in [5.41, 5.74) is 1.24. The standard InChI is InChI=1S/C20H20BrFN4O6S4/c1-24-16(22)9-14-20(24)34-18(25(14)6-3-7-36(30,31)32)10-19-26(11-17(27)23-35(2,28)29)13-8-12(21)4-5-15(13)33-19/h4-5,8-10H,3,6-7,11H2,1-2H3,(H-,23,27,30,31,32). The average molecular weight is 640 g/mol. The fourth-order valence-corrected chi connectivity index (χ4v) is 7.33. The number of benzene rings is 1. The van der Waals surface area contributed by atoms with Gasteiger partial charge in [-0.1, -0.05) is 39.0 Å². The van der Waals surface area contributed by atoms with Crippen molar-refractivity contribution >= 4 is 87.1 Å². The highest BCUT2D eigenvalue weighted by Gasteiger charge is 2.32. The van der Waals surface area contributed by atoms with Gasteiger partial charge in [0.2, 0.25) is 22.1 Å². The fraction of sp³-hybridized carbons (Fsp3) is 0.300. The van der Waals surface area contributed by atoms with Gasteiger partial charge in [-0.2, -0.15) is 8.96 Å². The molecule has 0 radical (unpaired) electrons. The van der Waals surface area contributed by atoms with E-state index in [2.05, 4.69) is 15.9 Å². The van der Waals surface area contributed by atoms with Crippen molar-refractivity contribution in [3.63, 3.8) is 0 Å². The summed E-state index contributed by atoms with van der Waals surface area (Å²) >= 11 is 6.05. The number of rotatable bonds is 8. The lowest BCUT2D eigenvalue weighted by atomic mass is 10.3. The molecule has 1 aromatic carbocycles. The Labute approximate surface area is 223 Å². The minimum atomic E-state index is -4.41. The Bertz CT molecular complexity index is 1610. The van der Waals surface area contributed by atoms with E-state index in [1.54, 1.807) is 22.6 Å². The molecule has 4 rings (SSSR count). The molecule has 2 aromatic heterocycles. The Hall–Kier alpha value is -1.98. The number of hydrogen-bond donors (Lipinski definition) is 1. The van der Waals surface area contributed by atoms with Crippen LogP contribution >= 0.6 is 39.0 Å². The summed E-state index contributed by atoms with van der Waals surface area (Å²) in [4.78, 5) is 14.2. The van der Waals surface area contributed by atoms with E-state index >= 15 is 0 Å². The van der Waals surface area contributed by atoms with Crippen molar-refractivity contribution < 1.29 is 35.1 Å². The van der Waals surface area contributed by atoms with Gasteiger partial charge < -0.3 is 14.0 Å². The van der Waals surface area contributed by atoms with Crippen molar-refractivity contribution in [1.29, 1.82) is 0 Å². The van der Waals surface area contributed by atoms with Crippen molar-refractivity contribution in [3.8, 4) is 0 Å². The molecule has 0 aliphatic carbocycles. The summed E-state index contributed by atoms with van der Waals surface area (Å²) in [5, 5.41) is 1.86. The van der Waals surface area contributed by atoms with Crippen LogP contribution in [0.5, 0.6) is 0 Å². The van der Waals surface area contributed by atoms with Crippen molar-refractivity contribution in [2.24, 2.45) is 7.05 Å². The highest BCUT2D eigenvalue weighted by molar-refractivity contribution is 9.10. The maximum absolute atomic E-state index is 14.2. The molecule has 0 fully saturated rings. The Morgan fingerprint density at radius 3 is 2.67 bits per heavy atom. The van der Waals surface area contributed by atoms with E-state index in [-0.39, 0.29) is 19.5 Å². The van der Waals surface area contributed by atoms with Gasteiger partial charge in [0.05, 0.1) is 33.2 Å². The Morgan fingerprint density at radius 1 is 1.28 bits per heavy atom. The molecule has 0 saturated carbocycles. The van der Waals surface area contributed by atoms with E-state index in [0.29, 0.717) is 26.3 Å². The number of aromatic nitrogens is 2. The summed E-state index contributed by atoms with van der Waals surface area (Å²) in [7, 11) is -6.60. The van der Waals surface area contributed by atoms with Crippen LogP contribution in [0.4, 0.5) is 10.1 Å². The van der Waals surface area contributed by atoms with E-state index in [0.717, 1.165) is 15.4 Å². The number of thioether (sulfide) groups is 1. The van der Waals surface area contributed by atoms with Gasteiger partial charge in [0.25, 0.3) is 10.9 Å². The van der Waals surface area contributed by atoms with Gasteiger partial charge in [0, 0.05) is 36.0 Å². The predicted octanol–water partition coefficient (Wildman–Crippen LogP) is 2.35. The number of hydrogen-bond acceptors (Lipinski definition) is 9. The lowest BCUT2D eigenvalue weighted by Gasteiger charge is -2.19. The second kappa shape index (κ2) is 10.1. The molecule has 1 N–H and O–H groups in total. The van der Waals surface area contributed by atoms with Crippen molar-refractivity contribution in [2.75, 3.05) is 23.5 Å². The first-order chi connectivity index (χ1) is 16.7. The number of sulfonamides is 1. The second-order valence-corrected chi connectivity index (χ2v) is 14.3. The molecule has 1 amide bonds. The summed E-state index contributed by atoms with van der Waals surface area (Å²) in [6.07, 6.45) is 2.71. The first kappa shape index (κ1) is 27.1. The maximum atomic E-state index is 14.2. The number of fused-ring (bicyclic) bond motifs is 2. The molecule has 16 heteroatoms. The number of carbonyl (C=O) groups excluding carboxylic acids is 1. The third kappa shape index (κ3) is 6.11. The topological polar surface area (TPSA) is 132 Å². The van der Waals surface area contributed by atoms with Crippen LogP contribution in [0.2, 0.25) is 0 Å². The lowest BCUT2D eigenvalue weighted by molar-refractivity contribution is -0.655. The van der Waals surface area contributed by atoms with Crippen molar-refractivity contribution in [3.05, 3.63) is 44.7 Å². The summed E-state index contributed by atoms with van der Waals surface area (Å²) < 4.78 is 77.3. The van der Waals surface area contributed by atoms with Gasteiger partial charge in [-0.3, -0.25) is 4.79 Å². The molecule has 36 heavy (non-hydrogen) atoms. The molecule has 10 nitrogen and oxygen atoms in total. The molecule has 1 aliphatic rings. The van der Waals surface area contributed by atoms with Gasteiger partial charge >= 0.3 is 0 Å². The summed E-state index contributed by atoms with van der Waals surface area (Å²) in [6.45, 7) is -0.120. The van der Waals surface area contributed by atoms with Crippen LogP contribution in [0.15, 0.2) is 38.8 Å². The first-order valence-electron chi connectivity index (χ1n) is 10.3. The Kier molecular flexibility index (Phi) is 7.56. The minimum absolute atomic E-state index is 0.0375. The van der Waals surface area contributed by atoms with E-state index in [1.807, 2.05) is 22.9 Å². The zero-order valence-electron chi connectivity index (χ0n) is 18.9. The predicted molar refractivity (Wildman–Crippen MR) is 138 cm³/mol. The van der Waals surface area contributed by atoms with Gasteiger partial charge in [0.1, 0.15) is 9.73 Å². The van der Waals surface area contributed by atoms with E-state index < -0.39 is 37.7 Å². The zero-order valence-corrected chi connectivity index (χ0v) is 23.7. The molecule has 0 unspecified atom stereocenters. The molecule has 0 spiro atoms. The lowest BCUT2D eigenvalue weighted by Crippen LogP contribution is -2.45. The molecule has 194 valence electrons. The number of thiazole rings is 1. The van der Waals surface area contributed by atoms with Crippen LogP contribution in [0, 0.1) is 5.95 Å². The molecule has 0 saturated heterocycles. The second-order valence-electron chi connectivity index (χ2n) is 8.00. The van der Waals surface area contributed by atoms with Gasteiger partial charge in [-0.15, -0.1) is 0 Å². The molecular formula is C20H20BrFN4O6S4. The Balaban J connectivity index is 1.76. The number of amides is 1. The third-order valence-corrected chi connectivity index (χ3v) is 9.39. The van der Waals surface area contributed by atoms with Crippen LogP contribution in [-0.2, 0) is 38.5 Å². The van der Waals surface area contributed by atoms with Crippen LogP contribution in [0.3, 0.4) is 0 Å². The molecule has 0 atom stereocenters. The summed E-state index contributed by atoms with van der Waals surface area (Å²) in [6, 6.07) is 6.85. The van der Waals surface area contributed by atoms with Crippen LogP contribution in [0.1, 0.15) is 11.4 Å². The monoisotopic (exact) mass is 638 g/mol. The first-order valence-corrected chi connectivity index (χ1v) is 16.2. The van der Waals surface area contributed by atoms with Gasteiger partial charge in [-0.25, -0.2) is 21.6 Å².